The van der Waals surface area contributed by atoms with E-state index in [1.807, 2.05) is 48.5 Å². The molecule has 7 heteroatoms. The smallest absolute Gasteiger partial charge is 0.321 e. The van der Waals surface area contributed by atoms with Crippen LogP contribution in [0.25, 0.3) is 11.1 Å². The molecule has 0 bridgehead atoms. The van der Waals surface area contributed by atoms with Crippen molar-refractivity contribution >= 4 is 17.5 Å². The van der Waals surface area contributed by atoms with E-state index in [4.69, 9.17) is 14.2 Å². The molecule has 0 atom stereocenters. The zero-order valence-corrected chi connectivity index (χ0v) is 20.9. The summed E-state index contributed by atoms with van der Waals surface area (Å²) in [6.07, 6.45) is 2.11. The van der Waals surface area contributed by atoms with Crippen LogP contribution in [0.4, 0.5) is 10.5 Å². The quantitative estimate of drug-likeness (QED) is 0.494. The van der Waals surface area contributed by atoms with Crippen molar-refractivity contribution in [3.63, 3.8) is 0 Å². The van der Waals surface area contributed by atoms with Crippen LogP contribution >= 0.6 is 0 Å². The molecule has 1 aliphatic carbocycles. The summed E-state index contributed by atoms with van der Waals surface area (Å²) in [5.74, 6) is 1.70. The lowest BCUT2D eigenvalue weighted by Gasteiger charge is -2.26. The number of urea groups is 1. The van der Waals surface area contributed by atoms with Gasteiger partial charge in [-0.25, -0.2) is 4.79 Å². The second kappa shape index (κ2) is 9.56. The van der Waals surface area contributed by atoms with Crippen LogP contribution in [0.2, 0.25) is 0 Å². The predicted octanol–water partition coefficient (Wildman–Crippen LogP) is 5.34. The molecule has 3 aliphatic rings. The van der Waals surface area contributed by atoms with E-state index < -0.39 is 5.41 Å². The molecule has 0 spiro atoms. The second-order valence-corrected chi connectivity index (χ2v) is 10.0. The number of ether oxygens (including phenoxy) is 3. The minimum atomic E-state index is -0.424. The van der Waals surface area contributed by atoms with Gasteiger partial charge < -0.3 is 24.4 Å². The Balaban J connectivity index is 0.00000294. The Morgan fingerprint density at radius 1 is 0.946 bits per heavy atom. The number of carbonyl (C=O) groups excluding carboxylic acids is 2. The number of nitrogens with zero attached hydrogens (tertiary/aromatic N) is 1. The van der Waals surface area contributed by atoms with E-state index in [0.717, 1.165) is 57.8 Å². The molecule has 0 aromatic heterocycles. The Morgan fingerprint density at radius 3 is 2.46 bits per heavy atom. The summed E-state index contributed by atoms with van der Waals surface area (Å²) in [7, 11) is 0. The lowest BCUT2D eigenvalue weighted by molar-refractivity contribution is -0.120. The molecule has 1 saturated heterocycles. The van der Waals surface area contributed by atoms with E-state index in [1.54, 1.807) is 4.90 Å². The second-order valence-electron chi connectivity index (χ2n) is 10.0. The van der Waals surface area contributed by atoms with Crippen LogP contribution in [-0.4, -0.2) is 49.8 Å². The van der Waals surface area contributed by atoms with Crippen LogP contribution in [0, 0.1) is 6.92 Å². The number of benzene rings is 3. The van der Waals surface area contributed by atoms with Crippen LogP contribution in [0.15, 0.2) is 60.7 Å². The Hall–Kier alpha value is -3.84. The molecule has 2 amide bonds. The van der Waals surface area contributed by atoms with Crippen LogP contribution in [0.1, 0.15) is 31.0 Å². The van der Waals surface area contributed by atoms with Crippen molar-refractivity contribution in [2.75, 3.05) is 38.4 Å². The molecule has 6 rings (SSSR count). The van der Waals surface area contributed by atoms with Gasteiger partial charge in [0.2, 0.25) is 6.79 Å². The van der Waals surface area contributed by atoms with Gasteiger partial charge in [-0.1, -0.05) is 36.4 Å². The van der Waals surface area contributed by atoms with Crippen LogP contribution in [-0.2, 0) is 21.4 Å². The molecule has 1 N–H and O–H groups in total. The number of hydrogen-bond acceptors (Lipinski definition) is 5. The molecule has 2 heterocycles. The topological polar surface area (TPSA) is 77.1 Å². The Bertz CT molecular complexity index is 1350. The Kier molecular flexibility index (Phi) is 6.08. The van der Waals surface area contributed by atoms with E-state index in [-0.39, 0.29) is 20.0 Å². The Labute approximate surface area is 217 Å². The van der Waals surface area contributed by atoms with Crippen molar-refractivity contribution < 1.29 is 25.2 Å². The highest BCUT2D eigenvalue weighted by Gasteiger charge is 2.50. The maximum atomic E-state index is 13.5. The molecule has 0 radical (unpaired) electrons. The van der Waals surface area contributed by atoms with Crippen molar-refractivity contribution in [1.29, 1.82) is 0 Å². The summed E-state index contributed by atoms with van der Waals surface area (Å²) in [5.41, 5.74) is 5.62. The summed E-state index contributed by atoms with van der Waals surface area (Å²) < 4.78 is 16.3. The number of rotatable bonds is 6. The number of hydrogen-bond donors (Lipinski definition) is 1. The van der Waals surface area contributed by atoms with Gasteiger partial charge in [-0.2, -0.15) is 0 Å². The highest BCUT2D eigenvalue weighted by molar-refractivity contribution is 5.95. The van der Waals surface area contributed by atoms with E-state index in [1.165, 1.54) is 0 Å². The number of Topliss-reactive ketones (excluding diaryl/α,β-unsaturated/α-hetero) is 1. The number of anilines is 1. The zero-order valence-electron chi connectivity index (χ0n) is 20.9. The number of nitrogens with one attached hydrogen (secondary N) is 1. The lowest BCUT2D eigenvalue weighted by atomic mass is 9.87. The van der Waals surface area contributed by atoms with Gasteiger partial charge in [0.15, 0.2) is 11.5 Å². The van der Waals surface area contributed by atoms with Crippen molar-refractivity contribution in [2.24, 2.45) is 0 Å². The van der Waals surface area contributed by atoms with Crippen LogP contribution in [0.5, 0.6) is 11.5 Å². The van der Waals surface area contributed by atoms with Gasteiger partial charge >= 0.3 is 6.03 Å². The number of aryl methyl sites for hydroxylation is 1. The third-order valence-electron chi connectivity index (χ3n) is 7.62. The fourth-order valence-corrected chi connectivity index (χ4v) is 5.19. The first-order valence-corrected chi connectivity index (χ1v) is 12.8. The summed E-state index contributed by atoms with van der Waals surface area (Å²) in [6, 6.07) is 19.9. The predicted molar refractivity (Wildman–Crippen MR) is 142 cm³/mol. The largest absolute Gasteiger partial charge is 0.454 e. The SMILES string of the molecule is Cc1ccc(CC(=O)C2(c3ccc4c(c3)OCO4)CC2)cc1-c1ccc(NC(=O)N2CCOCC2)cc1.[HH]. The molecule has 3 aromatic rings. The first kappa shape index (κ1) is 23.6. The molecular weight excluding hydrogens is 468 g/mol. The van der Waals surface area contributed by atoms with Gasteiger partial charge in [0.25, 0.3) is 0 Å². The fraction of sp³-hybridized carbons (Fsp3) is 0.333. The lowest BCUT2D eigenvalue weighted by Crippen LogP contribution is -2.43. The van der Waals surface area contributed by atoms with Crippen LogP contribution in [0.3, 0.4) is 0 Å². The van der Waals surface area contributed by atoms with E-state index in [0.29, 0.717) is 32.7 Å². The molecule has 3 aromatic carbocycles. The van der Waals surface area contributed by atoms with E-state index >= 15 is 0 Å². The molecule has 37 heavy (non-hydrogen) atoms. The average molecular weight is 501 g/mol. The molecule has 1 saturated carbocycles. The summed E-state index contributed by atoms with van der Waals surface area (Å²) in [6.45, 7) is 4.65. The molecule has 7 nitrogen and oxygen atoms in total. The number of morpholine rings is 1. The van der Waals surface area contributed by atoms with Crippen LogP contribution < -0.4 is 14.8 Å². The van der Waals surface area contributed by atoms with Gasteiger partial charge in [-0.15, -0.1) is 0 Å². The first-order chi connectivity index (χ1) is 18.0. The van der Waals surface area contributed by atoms with Gasteiger partial charge in [0, 0.05) is 26.6 Å². The molecule has 0 unspecified atom stereocenters. The fourth-order valence-electron chi connectivity index (χ4n) is 5.19. The monoisotopic (exact) mass is 500 g/mol. The maximum Gasteiger partial charge on any atom is 0.321 e. The summed E-state index contributed by atoms with van der Waals surface area (Å²) in [4.78, 5) is 27.7. The van der Waals surface area contributed by atoms with Crippen molar-refractivity contribution in [2.45, 2.75) is 31.6 Å². The molecule has 2 fully saturated rings. The minimum Gasteiger partial charge on any atom is -0.454 e. The zero-order chi connectivity index (χ0) is 25.4. The Morgan fingerprint density at radius 2 is 1.70 bits per heavy atom. The highest BCUT2D eigenvalue weighted by atomic mass is 16.7. The highest BCUT2D eigenvalue weighted by Crippen LogP contribution is 2.51. The van der Waals surface area contributed by atoms with Crippen molar-refractivity contribution in [1.82, 2.24) is 4.90 Å². The number of amides is 2. The normalized spacial score (nSPS) is 17.4. The number of ketones is 1. The standard InChI is InChI=1S/C30H30N2O5.H2/c1-20-2-3-21(17-28(33)30(10-11-30)23-6-9-26-27(18-23)37-19-36-26)16-25(20)22-4-7-24(8-5-22)31-29(34)32-12-14-35-15-13-32;/h2-9,16,18H,10-15,17,19H2,1H3,(H,31,34);1H. The maximum absolute atomic E-state index is 13.5. The van der Waals surface area contributed by atoms with Gasteiger partial charge in [0.1, 0.15) is 5.78 Å². The molecule has 2 aliphatic heterocycles. The molecule has 192 valence electrons. The van der Waals surface area contributed by atoms with Crippen molar-refractivity contribution in [3.05, 3.63) is 77.4 Å². The third-order valence-corrected chi connectivity index (χ3v) is 7.62. The minimum absolute atomic E-state index is 0. The molecular formula is C30H32N2O5. The number of fused-ring (bicyclic) bond motifs is 1. The third kappa shape index (κ3) is 4.67. The van der Waals surface area contributed by atoms with Crippen molar-refractivity contribution in [3.8, 4) is 22.6 Å². The summed E-state index contributed by atoms with van der Waals surface area (Å²) in [5, 5.41) is 2.97. The first-order valence-electron chi connectivity index (χ1n) is 12.8. The number of carbonyl (C=O) groups is 2. The van der Waals surface area contributed by atoms with Gasteiger partial charge in [0.05, 0.1) is 18.6 Å². The van der Waals surface area contributed by atoms with E-state index in [9.17, 15) is 9.59 Å². The summed E-state index contributed by atoms with van der Waals surface area (Å²) >= 11 is 0. The van der Waals surface area contributed by atoms with Gasteiger partial charge in [-0.3, -0.25) is 4.79 Å². The average Bonchev–Trinajstić information content (AvgIpc) is 3.61. The van der Waals surface area contributed by atoms with E-state index in [2.05, 4.69) is 24.4 Å². The van der Waals surface area contributed by atoms with Gasteiger partial charge in [-0.05, 0) is 71.8 Å².